The van der Waals surface area contributed by atoms with Crippen LogP contribution in [0, 0.1) is 0 Å². The molecule has 0 bridgehead atoms. The van der Waals surface area contributed by atoms with E-state index in [1.807, 2.05) is 49.4 Å². The SMILES string of the molecule is C[C@@H]1CN(CC(=O)Nc2ccccc2Sc2ccccc2)CCO1. The second kappa shape index (κ2) is 8.33. The van der Waals surface area contributed by atoms with Crippen molar-refractivity contribution < 1.29 is 9.53 Å². The van der Waals surface area contributed by atoms with Crippen LogP contribution < -0.4 is 5.32 Å². The molecule has 2 aromatic carbocycles. The molecule has 126 valence electrons. The molecule has 0 radical (unpaired) electrons. The Morgan fingerprint density at radius 3 is 2.75 bits per heavy atom. The smallest absolute Gasteiger partial charge is 0.238 e. The number of morpholine rings is 1. The standard InChI is InChI=1S/C19H22N2O2S/c1-15-13-21(11-12-23-15)14-19(22)20-17-9-5-6-10-18(17)24-16-7-3-2-4-8-16/h2-10,15H,11-14H2,1H3,(H,20,22)/t15-/m1/s1. The zero-order chi connectivity index (χ0) is 16.8. The third-order valence-corrected chi connectivity index (χ3v) is 4.91. The van der Waals surface area contributed by atoms with Crippen molar-refractivity contribution in [1.29, 1.82) is 0 Å². The quantitative estimate of drug-likeness (QED) is 0.903. The maximum Gasteiger partial charge on any atom is 0.238 e. The van der Waals surface area contributed by atoms with Gasteiger partial charge < -0.3 is 10.1 Å². The zero-order valence-corrected chi connectivity index (χ0v) is 14.6. The van der Waals surface area contributed by atoms with Gasteiger partial charge >= 0.3 is 0 Å². The molecule has 0 spiro atoms. The van der Waals surface area contributed by atoms with Gasteiger partial charge in [-0.05, 0) is 31.2 Å². The van der Waals surface area contributed by atoms with Gasteiger partial charge in [-0.1, -0.05) is 42.1 Å². The number of hydrogen-bond donors (Lipinski definition) is 1. The average Bonchev–Trinajstić information content (AvgIpc) is 2.57. The zero-order valence-electron chi connectivity index (χ0n) is 13.8. The molecule has 0 saturated carbocycles. The molecule has 0 aromatic heterocycles. The van der Waals surface area contributed by atoms with Crippen LogP contribution in [0.4, 0.5) is 5.69 Å². The van der Waals surface area contributed by atoms with E-state index in [1.54, 1.807) is 11.8 Å². The summed E-state index contributed by atoms with van der Waals surface area (Å²) in [6.07, 6.45) is 0.187. The first kappa shape index (κ1) is 17.0. The largest absolute Gasteiger partial charge is 0.376 e. The van der Waals surface area contributed by atoms with E-state index in [1.165, 1.54) is 0 Å². The van der Waals surface area contributed by atoms with Crippen LogP contribution in [0.1, 0.15) is 6.92 Å². The van der Waals surface area contributed by atoms with E-state index in [2.05, 4.69) is 22.3 Å². The first-order valence-electron chi connectivity index (χ1n) is 8.16. The van der Waals surface area contributed by atoms with Gasteiger partial charge in [-0.2, -0.15) is 0 Å². The Morgan fingerprint density at radius 2 is 1.96 bits per heavy atom. The second-order valence-electron chi connectivity index (χ2n) is 5.88. The maximum absolute atomic E-state index is 12.4. The van der Waals surface area contributed by atoms with Gasteiger partial charge in [-0.15, -0.1) is 0 Å². The summed E-state index contributed by atoms with van der Waals surface area (Å²) in [5, 5.41) is 3.05. The van der Waals surface area contributed by atoms with Crippen LogP contribution in [0.5, 0.6) is 0 Å². The topological polar surface area (TPSA) is 41.6 Å². The van der Waals surface area contributed by atoms with Gasteiger partial charge in [0, 0.05) is 22.9 Å². The summed E-state index contributed by atoms with van der Waals surface area (Å²) >= 11 is 1.65. The summed E-state index contributed by atoms with van der Waals surface area (Å²) < 4.78 is 5.52. The van der Waals surface area contributed by atoms with Crippen LogP contribution in [-0.2, 0) is 9.53 Å². The molecule has 1 heterocycles. The molecule has 1 atom stereocenters. The first-order valence-corrected chi connectivity index (χ1v) is 8.98. The van der Waals surface area contributed by atoms with Crippen molar-refractivity contribution in [3.8, 4) is 0 Å². The third-order valence-electron chi connectivity index (χ3n) is 3.82. The van der Waals surface area contributed by atoms with E-state index in [0.717, 1.165) is 28.6 Å². The van der Waals surface area contributed by atoms with Gasteiger partial charge in [0.15, 0.2) is 0 Å². The Labute approximate surface area is 147 Å². The molecule has 24 heavy (non-hydrogen) atoms. The molecule has 1 aliphatic heterocycles. The number of carbonyl (C=O) groups is 1. The maximum atomic E-state index is 12.4. The minimum absolute atomic E-state index is 0.0187. The summed E-state index contributed by atoms with van der Waals surface area (Å²) in [5.41, 5.74) is 0.859. The molecule has 0 unspecified atom stereocenters. The highest BCUT2D eigenvalue weighted by atomic mass is 32.2. The van der Waals surface area contributed by atoms with Crippen molar-refractivity contribution in [2.75, 3.05) is 31.6 Å². The molecular formula is C19H22N2O2S. The molecule has 1 amide bonds. The van der Waals surface area contributed by atoms with Gasteiger partial charge in [0.25, 0.3) is 0 Å². The van der Waals surface area contributed by atoms with Crippen LogP contribution in [0.15, 0.2) is 64.4 Å². The molecule has 1 N–H and O–H groups in total. The van der Waals surface area contributed by atoms with Crippen LogP contribution in [0.2, 0.25) is 0 Å². The Kier molecular flexibility index (Phi) is 5.91. The number of para-hydroxylation sites is 1. The molecule has 4 nitrogen and oxygen atoms in total. The summed E-state index contributed by atoms with van der Waals surface area (Å²) in [6, 6.07) is 18.1. The Bertz CT molecular complexity index is 678. The molecule has 5 heteroatoms. The summed E-state index contributed by atoms with van der Waals surface area (Å²) in [7, 11) is 0. The minimum Gasteiger partial charge on any atom is -0.376 e. The Morgan fingerprint density at radius 1 is 1.21 bits per heavy atom. The van der Waals surface area contributed by atoms with Crippen molar-refractivity contribution in [1.82, 2.24) is 4.90 Å². The monoisotopic (exact) mass is 342 g/mol. The predicted molar refractivity (Wildman–Crippen MR) is 97.5 cm³/mol. The fraction of sp³-hybridized carbons (Fsp3) is 0.316. The number of benzene rings is 2. The lowest BCUT2D eigenvalue weighted by Gasteiger charge is -2.30. The molecule has 1 fully saturated rings. The van der Waals surface area contributed by atoms with Gasteiger partial charge in [0.05, 0.1) is 24.9 Å². The summed E-state index contributed by atoms with van der Waals surface area (Å²) in [4.78, 5) is 16.7. The molecule has 3 rings (SSSR count). The van der Waals surface area contributed by atoms with Gasteiger partial charge in [-0.3, -0.25) is 9.69 Å². The van der Waals surface area contributed by atoms with E-state index in [-0.39, 0.29) is 12.0 Å². The van der Waals surface area contributed by atoms with Gasteiger partial charge in [-0.25, -0.2) is 0 Å². The molecule has 1 saturated heterocycles. The number of amides is 1. The number of nitrogens with one attached hydrogen (secondary N) is 1. The van der Waals surface area contributed by atoms with Crippen molar-refractivity contribution >= 4 is 23.4 Å². The average molecular weight is 342 g/mol. The summed E-state index contributed by atoms with van der Waals surface area (Å²) in [5.74, 6) is 0.0187. The number of hydrogen-bond acceptors (Lipinski definition) is 4. The fourth-order valence-electron chi connectivity index (χ4n) is 2.70. The number of rotatable bonds is 5. The molecule has 2 aromatic rings. The van der Waals surface area contributed by atoms with Crippen molar-refractivity contribution in [3.05, 3.63) is 54.6 Å². The minimum atomic E-state index is 0.0187. The van der Waals surface area contributed by atoms with Gasteiger partial charge in [0.1, 0.15) is 0 Å². The Hall–Kier alpha value is -1.82. The second-order valence-corrected chi connectivity index (χ2v) is 6.99. The van der Waals surface area contributed by atoms with Crippen LogP contribution >= 0.6 is 11.8 Å². The lowest BCUT2D eigenvalue weighted by atomic mass is 10.3. The Balaban J connectivity index is 1.63. The third kappa shape index (κ3) is 4.84. The molecular weight excluding hydrogens is 320 g/mol. The predicted octanol–water partition coefficient (Wildman–Crippen LogP) is 3.50. The van der Waals surface area contributed by atoms with Crippen LogP contribution in [-0.4, -0.2) is 43.2 Å². The normalized spacial score (nSPS) is 18.3. The lowest BCUT2D eigenvalue weighted by molar-refractivity contribution is -0.119. The number of nitrogens with zero attached hydrogens (tertiary/aromatic N) is 1. The van der Waals surface area contributed by atoms with Crippen molar-refractivity contribution in [3.63, 3.8) is 0 Å². The number of anilines is 1. The fourth-order valence-corrected chi connectivity index (χ4v) is 3.62. The highest BCUT2D eigenvalue weighted by Gasteiger charge is 2.19. The lowest BCUT2D eigenvalue weighted by Crippen LogP contribution is -2.44. The highest BCUT2D eigenvalue weighted by Crippen LogP contribution is 2.33. The number of ether oxygens (including phenoxy) is 1. The van der Waals surface area contributed by atoms with E-state index in [4.69, 9.17) is 4.74 Å². The van der Waals surface area contributed by atoms with E-state index < -0.39 is 0 Å². The first-order chi connectivity index (χ1) is 11.7. The molecule has 0 aliphatic carbocycles. The van der Waals surface area contributed by atoms with Crippen LogP contribution in [0.3, 0.4) is 0 Å². The highest BCUT2D eigenvalue weighted by molar-refractivity contribution is 7.99. The number of carbonyl (C=O) groups excluding carboxylic acids is 1. The van der Waals surface area contributed by atoms with E-state index in [0.29, 0.717) is 13.2 Å². The van der Waals surface area contributed by atoms with E-state index >= 15 is 0 Å². The van der Waals surface area contributed by atoms with E-state index in [9.17, 15) is 4.79 Å². The van der Waals surface area contributed by atoms with Crippen molar-refractivity contribution in [2.45, 2.75) is 22.8 Å². The van der Waals surface area contributed by atoms with Crippen LogP contribution in [0.25, 0.3) is 0 Å². The van der Waals surface area contributed by atoms with Crippen molar-refractivity contribution in [2.24, 2.45) is 0 Å². The summed E-state index contributed by atoms with van der Waals surface area (Å²) in [6.45, 7) is 4.73. The molecule has 1 aliphatic rings. The van der Waals surface area contributed by atoms with Gasteiger partial charge in [0.2, 0.25) is 5.91 Å².